The molecule has 2 atom stereocenters. The summed E-state index contributed by atoms with van der Waals surface area (Å²) in [6, 6.07) is 16.0. The van der Waals surface area contributed by atoms with Crippen LogP contribution in [0.25, 0.3) is 0 Å². The predicted molar refractivity (Wildman–Crippen MR) is 137 cm³/mol. The largest absolute Gasteiger partial charge is 0.458 e. The summed E-state index contributed by atoms with van der Waals surface area (Å²) in [7, 11) is 0. The second-order valence-corrected chi connectivity index (χ2v) is 10.1. The van der Waals surface area contributed by atoms with Crippen molar-refractivity contribution in [3.05, 3.63) is 71.3 Å². The molecule has 2 aromatic rings. The molecule has 1 fully saturated rings. The Kier molecular flexibility index (Phi) is 9.18. The first-order valence-electron chi connectivity index (χ1n) is 12.5. The molecule has 0 aromatic heterocycles. The van der Waals surface area contributed by atoms with Gasteiger partial charge in [0.2, 0.25) is 5.91 Å². The van der Waals surface area contributed by atoms with Crippen molar-refractivity contribution < 1.29 is 23.9 Å². The van der Waals surface area contributed by atoms with Gasteiger partial charge in [0.05, 0.1) is 17.7 Å². The maximum Gasteiger partial charge on any atom is 0.329 e. The molecule has 2 aromatic carbocycles. The fourth-order valence-electron chi connectivity index (χ4n) is 4.26. The van der Waals surface area contributed by atoms with Crippen LogP contribution in [0.5, 0.6) is 0 Å². The Balaban J connectivity index is 1.67. The van der Waals surface area contributed by atoms with Crippen molar-refractivity contribution in [1.82, 2.24) is 10.2 Å². The van der Waals surface area contributed by atoms with Gasteiger partial charge in [-0.25, -0.2) is 4.79 Å². The number of hydrogen-bond donors (Lipinski definition) is 1. The lowest BCUT2D eigenvalue weighted by Crippen LogP contribution is -2.45. The Morgan fingerprint density at radius 2 is 1.73 bits per heavy atom. The lowest BCUT2D eigenvalue weighted by atomic mass is 9.98. The molecule has 1 saturated heterocycles. The number of rotatable bonds is 9. The van der Waals surface area contributed by atoms with Crippen LogP contribution in [0.4, 0.5) is 0 Å². The Morgan fingerprint density at radius 1 is 1.05 bits per heavy atom. The van der Waals surface area contributed by atoms with Crippen molar-refractivity contribution in [3.8, 4) is 6.07 Å². The van der Waals surface area contributed by atoms with E-state index in [0.29, 0.717) is 30.5 Å². The molecule has 8 nitrogen and oxygen atoms in total. The third-order valence-corrected chi connectivity index (χ3v) is 6.09. The Hall–Kier alpha value is -3.99. The van der Waals surface area contributed by atoms with E-state index < -0.39 is 23.7 Å². The number of carbonyl (C=O) groups excluding carboxylic acids is 4. The average molecular weight is 504 g/mol. The van der Waals surface area contributed by atoms with E-state index in [-0.39, 0.29) is 36.9 Å². The highest BCUT2D eigenvalue weighted by atomic mass is 16.6. The van der Waals surface area contributed by atoms with Gasteiger partial charge in [0.1, 0.15) is 11.6 Å². The topological polar surface area (TPSA) is 117 Å². The van der Waals surface area contributed by atoms with Crippen LogP contribution in [0.1, 0.15) is 67.9 Å². The van der Waals surface area contributed by atoms with Crippen molar-refractivity contribution in [1.29, 1.82) is 5.26 Å². The van der Waals surface area contributed by atoms with E-state index in [0.717, 1.165) is 5.56 Å². The number of carbonyl (C=O) groups is 4. The minimum Gasteiger partial charge on any atom is -0.458 e. The summed E-state index contributed by atoms with van der Waals surface area (Å²) in [6.07, 6.45) is 1.30. The van der Waals surface area contributed by atoms with Gasteiger partial charge < -0.3 is 15.0 Å². The number of ether oxygens (including phenoxy) is 1. The highest BCUT2D eigenvalue weighted by molar-refractivity contribution is 5.98. The molecule has 2 amide bonds. The van der Waals surface area contributed by atoms with E-state index in [4.69, 9.17) is 10.00 Å². The summed E-state index contributed by atoms with van der Waals surface area (Å²) in [5, 5.41) is 11.8. The van der Waals surface area contributed by atoms with E-state index in [1.165, 1.54) is 4.90 Å². The molecule has 0 unspecified atom stereocenters. The fourth-order valence-corrected chi connectivity index (χ4v) is 4.26. The SMILES string of the molecule is CC(C)(C)OC(=O)[C@@H]1CCCN1C(=O)CCC(=O)[C@H](Cc1ccc(C#N)cc1)NC(=O)c1ccccc1. The van der Waals surface area contributed by atoms with E-state index in [2.05, 4.69) is 11.4 Å². The van der Waals surface area contributed by atoms with Crippen LogP contribution in [0.3, 0.4) is 0 Å². The van der Waals surface area contributed by atoms with Gasteiger partial charge in [0.25, 0.3) is 5.91 Å². The lowest BCUT2D eigenvalue weighted by molar-refractivity contribution is -0.163. The smallest absolute Gasteiger partial charge is 0.329 e. The van der Waals surface area contributed by atoms with Crippen LogP contribution < -0.4 is 5.32 Å². The second kappa shape index (κ2) is 12.3. The molecule has 1 N–H and O–H groups in total. The number of benzene rings is 2. The highest BCUT2D eigenvalue weighted by Crippen LogP contribution is 2.22. The normalized spacial score (nSPS) is 15.9. The number of Topliss-reactive ketones (excluding diaryl/α,β-unsaturated/α-hetero) is 1. The number of nitriles is 1. The standard InChI is InChI=1S/C29H33N3O5/c1-29(2,3)37-28(36)24-10-7-17-32(24)26(34)16-15-25(33)23(18-20-11-13-21(19-30)14-12-20)31-27(35)22-8-5-4-6-9-22/h4-6,8-9,11-14,23-24H,7,10,15-18H2,1-3H3,(H,31,35)/t23-,24-/m0/s1. The molecule has 1 aliphatic heterocycles. The van der Waals surface area contributed by atoms with E-state index in [1.807, 2.05) is 0 Å². The quantitative estimate of drug-likeness (QED) is 0.523. The number of amides is 2. The Morgan fingerprint density at radius 3 is 2.35 bits per heavy atom. The van der Waals surface area contributed by atoms with Gasteiger partial charge in [-0.05, 0) is 69.9 Å². The van der Waals surface area contributed by atoms with Crippen LogP contribution in [0.15, 0.2) is 54.6 Å². The molecule has 0 radical (unpaired) electrons. The Labute approximate surface area is 217 Å². The molecule has 0 saturated carbocycles. The van der Waals surface area contributed by atoms with E-state index in [1.54, 1.807) is 75.4 Å². The van der Waals surface area contributed by atoms with Crippen molar-refractivity contribution in [2.75, 3.05) is 6.54 Å². The molecule has 1 aliphatic rings. The van der Waals surface area contributed by atoms with Gasteiger partial charge in [0, 0.05) is 24.9 Å². The number of esters is 1. The summed E-state index contributed by atoms with van der Waals surface area (Å²) in [5.74, 6) is -1.38. The van der Waals surface area contributed by atoms with Crippen molar-refractivity contribution in [2.45, 2.75) is 70.6 Å². The highest BCUT2D eigenvalue weighted by Gasteiger charge is 2.37. The second-order valence-electron chi connectivity index (χ2n) is 10.1. The first kappa shape index (κ1) is 27.6. The van der Waals surface area contributed by atoms with Crippen LogP contribution in [0.2, 0.25) is 0 Å². The van der Waals surface area contributed by atoms with Crippen LogP contribution in [0, 0.1) is 11.3 Å². The number of likely N-dealkylation sites (tertiary alicyclic amines) is 1. The maximum atomic E-state index is 13.2. The zero-order valence-electron chi connectivity index (χ0n) is 21.5. The molecular weight excluding hydrogens is 470 g/mol. The third kappa shape index (κ3) is 8.01. The van der Waals surface area contributed by atoms with E-state index >= 15 is 0 Å². The predicted octanol–water partition coefficient (Wildman–Crippen LogP) is 3.58. The molecule has 37 heavy (non-hydrogen) atoms. The van der Waals surface area contributed by atoms with Crippen molar-refractivity contribution in [3.63, 3.8) is 0 Å². The molecule has 0 spiro atoms. The molecule has 194 valence electrons. The van der Waals surface area contributed by atoms with Crippen molar-refractivity contribution >= 4 is 23.6 Å². The number of hydrogen-bond acceptors (Lipinski definition) is 6. The lowest BCUT2D eigenvalue weighted by Gasteiger charge is -2.27. The molecule has 0 bridgehead atoms. The number of nitrogens with zero attached hydrogens (tertiary/aromatic N) is 2. The average Bonchev–Trinajstić information content (AvgIpc) is 3.37. The van der Waals surface area contributed by atoms with Crippen LogP contribution in [-0.2, 0) is 25.5 Å². The van der Waals surface area contributed by atoms with Gasteiger partial charge in [-0.2, -0.15) is 5.26 Å². The van der Waals surface area contributed by atoms with E-state index in [9.17, 15) is 19.2 Å². The van der Waals surface area contributed by atoms with Gasteiger partial charge in [-0.15, -0.1) is 0 Å². The molecule has 8 heteroatoms. The van der Waals surface area contributed by atoms with Crippen molar-refractivity contribution in [2.24, 2.45) is 0 Å². The zero-order chi connectivity index (χ0) is 27.0. The zero-order valence-corrected chi connectivity index (χ0v) is 21.5. The number of nitrogens with one attached hydrogen (secondary N) is 1. The van der Waals surface area contributed by atoms with Crippen LogP contribution >= 0.6 is 0 Å². The van der Waals surface area contributed by atoms with Gasteiger partial charge in [-0.1, -0.05) is 30.3 Å². The minimum atomic E-state index is -0.853. The number of ketones is 1. The molecule has 1 heterocycles. The first-order valence-corrected chi connectivity index (χ1v) is 12.5. The minimum absolute atomic E-state index is 0.0663. The summed E-state index contributed by atoms with van der Waals surface area (Å²) in [6.45, 7) is 5.78. The van der Waals surface area contributed by atoms with Crippen LogP contribution in [-0.4, -0.2) is 52.7 Å². The summed E-state index contributed by atoms with van der Waals surface area (Å²) >= 11 is 0. The third-order valence-electron chi connectivity index (χ3n) is 6.09. The first-order chi connectivity index (χ1) is 17.6. The van der Waals surface area contributed by atoms with Gasteiger partial charge in [-0.3, -0.25) is 14.4 Å². The monoisotopic (exact) mass is 503 g/mol. The molecule has 3 rings (SSSR count). The maximum absolute atomic E-state index is 13.2. The fraction of sp³-hybridized carbons (Fsp3) is 0.414. The summed E-state index contributed by atoms with van der Waals surface area (Å²) in [4.78, 5) is 53.1. The summed E-state index contributed by atoms with van der Waals surface area (Å²) < 4.78 is 5.47. The van der Waals surface area contributed by atoms with Gasteiger partial charge in [0.15, 0.2) is 5.78 Å². The molecule has 0 aliphatic carbocycles. The molecular formula is C29H33N3O5. The summed E-state index contributed by atoms with van der Waals surface area (Å²) in [5.41, 5.74) is 1.05. The van der Waals surface area contributed by atoms with Gasteiger partial charge >= 0.3 is 5.97 Å². The Bertz CT molecular complexity index is 1160.